The highest BCUT2D eigenvalue weighted by Crippen LogP contribution is 2.29. The van der Waals surface area contributed by atoms with Crippen molar-refractivity contribution in [3.05, 3.63) is 47.1 Å². The van der Waals surface area contributed by atoms with E-state index in [4.69, 9.17) is 16.3 Å². The number of halogens is 1. The average molecular weight is 438 g/mol. The fourth-order valence-electron chi connectivity index (χ4n) is 2.62. The Morgan fingerprint density at radius 3 is 2.82 bits per heavy atom. The first kappa shape index (κ1) is 20.6. The summed E-state index contributed by atoms with van der Waals surface area (Å²) >= 11 is 8.59. The van der Waals surface area contributed by atoms with E-state index in [0.29, 0.717) is 22.1 Å². The van der Waals surface area contributed by atoms with Crippen molar-refractivity contribution in [2.45, 2.75) is 6.42 Å². The molecule has 0 atom stereocenters. The van der Waals surface area contributed by atoms with Crippen molar-refractivity contribution in [1.82, 2.24) is 4.57 Å². The summed E-state index contributed by atoms with van der Waals surface area (Å²) in [5.74, 6) is 0.963. The number of aryl methyl sites for hydroxylation is 1. The quantitative estimate of drug-likeness (QED) is 0.225. The van der Waals surface area contributed by atoms with Gasteiger partial charge in [0.2, 0.25) is 0 Å². The van der Waals surface area contributed by atoms with Crippen molar-refractivity contribution < 1.29 is 14.3 Å². The average Bonchev–Trinajstić information content (AvgIpc) is 3.27. The van der Waals surface area contributed by atoms with Crippen molar-refractivity contribution in [3.8, 4) is 0 Å². The van der Waals surface area contributed by atoms with Gasteiger partial charge in [-0.1, -0.05) is 11.9 Å². The summed E-state index contributed by atoms with van der Waals surface area (Å²) in [6, 6.07) is 9.13. The number of alkyl halides is 1. The van der Waals surface area contributed by atoms with Gasteiger partial charge in [-0.05, 0) is 42.1 Å². The van der Waals surface area contributed by atoms with E-state index in [9.17, 15) is 9.59 Å². The van der Waals surface area contributed by atoms with E-state index in [2.05, 4.69) is 10.0 Å². The number of aromatic nitrogens is 1. The number of hydrogen-bond donors (Lipinski definition) is 2. The van der Waals surface area contributed by atoms with Crippen LogP contribution in [0.2, 0.25) is 0 Å². The molecule has 0 spiro atoms. The minimum Gasteiger partial charge on any atom is -0.465 e. The molecule has 3 rings (SSSR count). The highest BCUT2D eigenvalue weighted by molar-refractivity contribution is 8.00. The number of nitrogens with zero attached hydrogens (tertiary/aromatic N) is 1. The van der Waals surface area contributed by atoms with Crippen LogP contribution >= 0.6 is 34.9 Å². The number of carbonyl (C=O) groups is 2. The van der Waals surface area contributed by atoms with Crippen molar-refractivity contribution in [1.29, 1.82) is 0 Å². The van der Waals surface area contributed by atoms with E-state index in [1.54, 1.807) is 22.6 Å². The van der Waals surface area contributed by atoms with Gasteiger partial charge < -0.3 is 19.3 Å². The molecule has 9 heteroatoms. The molecule has 6 nitrogen and oxygen atoms in total. The number of ether oxygens (including phenoxy) is 1. The van der Waals surface area contributed by atoms with E-state index < -0.39 is 0 Å². The molecule has 1 amide bonds. The lowest BCUT2D eigenvalue weighted by atomic mass is 10.2. The summed E-state index contributed by atoms with van der Waals surface area (Å²) < 4.78 is 10.7. The Hall–Kier alpha value is -2.16. The number of hydrogen-bond acceptors (Lipinski definition) is 6. The van der Waals surface area contributed by atoms with Crippen LogP contribution in [-0.4, -0.2) is 35.2 Å². The number of amides is 1. The number of nitrogens with one attached hydrogen (secondary N) is 2. The third-order valence-corrected chi connectivity index (χ3v) is 6.20. The normalized spacial score (nSPS) is 10.8. The molecule has 0 aliphatic heterocycles. The summed E-state index contributed by atoms with van der Waals surface area (Å²) in [5.41, 5.74) is 2.07. The van der Waals surface area contributed by atoms with E-state index in [1.807, 2.05) is 37.5 Å². The summed E-state index contributed by atoms with van der Waals surface area (Å²) in [5, 5.41) is 3.79. The van der Waals surface area contributed by atoms with Crippen LogP contribution in [0.3, 0.4) is 0 Å². The van der Waals surface area contributed by atoms with E-state index >= 15 is 0 Å². The zero-order valence-corrected chi connectivity index (χ0v) is 17.8. The van der Waals surface area contributed by atoms with Crippen LogP contribution in [0.1, 0.15) is 26.6 Å². The summed E-state index contributed by atoms with van der Waals surface area (Å²) in [7, 11) is 3.19. The van der Waals surface area contributed by atoms with Crippen molar-refractivity contribution in [2.75, 3.05) is 28.8 Å². The van der Waals surface area contributed by atoms with Gasteiger partial charge in [-0.15, -0.1) is 22.9 Å². The third-order valence-electron chi connectivity index (χ3n) is 3.97. The first-order chi connectivity index (χ1) is 13.5. The molecule has 3 aromatic rings. The van der Waals surface area contributed by atoms with Gasteiger partial charge in [-0.2, -0.15) is 0 Å². The van der Waals surface area contributed by atoms with Crippen LogP contribution in [0.4, 0.5) is 11.4 Å². The Morgan fingerprint density at radius 1 is 1.25 bits per heavy atom. The van der Waals surface area contributed by atoms with Crippen molar-refractivity contribution in [3.63, 3.8) is 0 Å². The number of fused-ring (bicyclic) bond motifs is 1. The molecule has 0 fully saturated rings. The highest BCUT2D eigenvalue weighted by atomic mass is 35.5. The molecule has 0 aliphatic rings. The molecule has 0 saturated heterocycles. The van der Waals surface area contributed by atoms with Crippen molar-refractivity contribution in [2.24, 2.45) is 7.05 Å². The number of anilines is 2. The molecule has 0 bridgehead atoms. The van der Waals surface area contributed by atoms with Gasteiger partial charge in [0.05, 0.1) is 12.8 Å². The number of carbonyl (C=O) groups excluding carboxylic acids is 2. The highest BCUT2D eigenvalue weighted by Gasteiger charge is 2.14. The van der Waals surface area contributed by atoms with Gasteiger partial charge >= 0.3 is 5.97 Å². The largest absolute Gasteiger partial charge is 0.465 e. The molecule has 148 valence electrons. The van der Waals surface area contributed by atoms with Gasteiger partial charge in [0.15, 0.2) is 0 Å². The molecule has 2 aromatic heterocycles. The summed E-state index contributed by atoms with van der Waals surface area (Å²) in [4.78, 5) is 24.9. The Morgan fingerprint density at radius 2 is 2.07 bits per heavy atom. The molecule has 2 N–H and O–H groups in total. The smallest absolute Gasteiger partial charge is 0.348 e. The maximum atomic E-state index is 12.7. The fourth-order valence-corrected chi connectivity index (χ4v) is 4.55. The van der Waals surface area contributed by atoms with Gasteiger partial charge in [0, 0.05) is 35.3 Å². The van der Waals surface area contributed by atoms with Crippen LogP contribution in [0.25, 0.3) is 10.1 Å². The molecular weight excluding hydrogens is 418 g/mol. The second-order valence-corrected chi connectivity index (χ2v) is 8.39. The predicted octanol–water partition coefficient (Wildman–Crippen LogP) is 4.97. The number of thiophene rings is 1. The Balaban J connectivity index is 1.70. The maximum Gasteiger partial charge on any atom is 0.348 e. The van der Waals surface area contributed by atoms with Gasteiger partial charge in [0.1, 0.15) is 10.6 Å². The van der Waals surface area contributed by atoms with Gasteiger partial charge in [-0.25, -0.2) is 4.79 Å². The Kier molecular flexibility index (Phi) is 6.88. The molecule has 0 unspecified atom stereocenters. The molecule has 2 heterocycles. The van der Waals surface area contributed by atoms with Crippen molar-refractivity contribution >= 4 is 68.2 Å². The maximum absolute atomic E-state index is 12.7. The minimum absolute atomic E-state index is 0.205. The number of methoxy groups -OCH3 is 1. The molecular formula is C19H20ClN3O3S2. The summed E-state index contributed by atoms with van der Waals surface area (Å²) in [6.07, 6.45) is 2.79. The topological polar surface area (TPSA) is 72.4 Å². The first-order valence-electron chi connectivity index (χ1n) is 8.55. The predicted molar refractivity (Wildman–Crippen MR) is 118 cm³/mol. The third kappa shape index (κ3) is 4.81. The van der Waals surface area contributed by atoms with Gasteiger partial charge in [-0.3, -0.25) is 4.79 Å². The monoisotopic (exact) mass is 437 g/mol. The van der Waals surface area contributed by atoms with Crippen LogP contribution in [-0.2, 0) is 11.8 Å². The van der Waals surface area contributed by atoms with E-state index in [1.165, 1.54) is 18.4 Å². The number of rotatable bonds is 8. The zero-order valence-electron chi connectivity index (χ0n) is 15.5. The van der Waals surface area contributed by atoms with Crippen LogP contribution in [0, 0.1) is 0 Å². The van der Waals surface area contributed by atoms with Gasteiger partial charge in [0.25, 0.3) is 5.91 Å². The van der Waals surface area contributed by atoms with E-state index in [0.717, 1.165) is 27.9 Å². The standard InChI is InChI=1S/C19H20ClN3O3S2/c1-23-11-14(22-27-7-3-6-20)10-15(23)18(24)21-13-4-5-16-12(8-13)9-17(28-16)19(25)26-2/h4-5,8-11,22H,3,6-7H2,1-2H3,(H,21,24). The SMILES string of the molecule is COC(=O)c1cc2cc(NC(=O)c3cc(NSCCCCl)cn3C)ccc2s1. The second-order valence-electron chi connectivity index (χ2n) is 6.03. The number of benzene rings is 1. The lowest BCUT2D eigenvalue weighted by Gasteiger charge is -2.06. The zero-order chi connectivity index (χ0) is 20.1. The van der Waals surface area contributed by atoms with Crippen LogP contribution < -0.4 is 10.0 Å². The Bertz CT molecular complexity index is 1000. The van der Waals surface area contributed by atoms with Crippen LogP contribution in [0.15, 0.2) is 36.5 Å². The minimum atomic E-state index is -0.362. The summed E-state index contributed by atoms with van der Waals surface area (Å²) in [6.45, 7) is 0. The fraction of sp³-hybridized carbons (Fsp3) is 0.263. The molecule has 0 aliphatic carbocycles. The van der Waals surface area contributed by atoms with Crippen LogP contribution in [0.5, 0.6) is 0 Å². The molecule has 0 saturated carbocycles. The molecule has 0 radical (unpaired) electrons. The Labute approximate surface area is 176 Å². The van der Waals surface area contributed by atoms with E-state index in [-0.39, 0.29) is 11.9 Å². The first-order valence-corrected chi connectivity index (χ1v) is 10.9. The number of esters is 1. The second kappa shape index (κ2) is 9.36. The lowest BCUT2D eigenvalue weighted by molar-refractivity contribution is 0.0606. The molecule has 28 heavy (non-hydrogen) atoms. The lowest BCUT2D eigenvalue weighted by Crippen LogP contribution is -2.15. The molecule has 1 aromatic carbocycles.